The first-order valence-electron chi connectivity index (χ1n) is 10.8. The molecule has 2 heterocycles. The highest BCUT2D eigenvalue weighted by atomic mass is 32.2. The summed E-state index contributed by atoms with van der Waals surface area (Å²) in [5, 5.41) is 9.29. The number of rotatable bonds is 5. The Hall–Kier alpha value is -4.05. The molecule has 0 radical (unpaired) electrons. The zero-order chi connectivity index (χ0) is 28.7. The van der Waals surface area contributed by atoms with Crippen molar-refractivity contribution in [1.82, 2.24) is 4.57 Å². The normalized spacial score (nSPS) is 12.0. The van der Waals surface area contributed by atoms with Crippen molar-refractivity contribution in [1.29, 1.82) is 5.26 Å². The van der Waals surface area contributed by atoms with Crippen LogP contribution < -0.4 is 5.56 Å². The molecule has 0 saturated heterocycles. The molecule has 0 aliphatic carbocycles. The third-order valence-corrected chi connectivity index (χ3v) is 6.55. The first-order chi connectivity index (χ1) is 18.2. The minimum absolute atomic E-state index is 0.0262. The van der Waals surface area contributed by atoms with Crippen molar-refractivity contribution in [2.24, 2.45) is 0 Å². The van der Waals surface area contributed by atoms with Gasteiger partial charge in [-0.15, -0.1) is 11.8 Å². The third-order valence-electron chi connectivity index (χ3n) is 5.75. The molecule has 0 spiro atoms. The number of nitriles is 1. The van der Waals surface area contributed by atoms with E-state index in [-0.39, 0.29) is 27.3 Å². The average Bonchev–Trinajstić information content (AvgIpc) is 3.35. The van der Waals surface area contributed by atoms with Crippen molar-refractivity contribution in [2.45, 2.75) is 23.8 Å². The molecular formula is C26H14F8N2O2S. The minimum atomic E-state index is -5.14. The van der Waals surface area contributed by atoms with Crippen LogP contribution in [0.15, 0.2) is 68.9 Å². The summed E-state index contributed by atoms with van der Waals surface area (Å²) in [6.45, 7) is -0.705. The monoisotopic (exact) mass is 570 g/mol. The molecule has 0 aliphatic heterocycles. The zero-order valence-electron chi connectivity index (χ0n) is 19.5. The third kappa shape index (κ3) is 5.56. The Balaban J connectivity index is 1.92. The van der Waals surface area contributed by atoms with Crippen molar-refractivity contribution in [3.05, 3.63) is 99.0 Å². The van der Waals surface area contributed by atoms with Crippen LogP contribution in [0.2, 0.25) is 0 Å². The lowest BCUT2D eigenvalue weighted by Crippen LogP contribution is -2.29. The van der Waals surface area contributed by atoms with Gasteiger partial charge in [-0.3, -0.25) is 9.36 Å². The molecule has 39 heavy (non-hydrogen) atoms. The summed E-state index contributed by atoms with van der Waals surface area (Å²) >= 11 is 0.874. The quantitative estimate of drug-likeness (QED) is 0.182. The Bertz CT molecular complexity index is 1660. The molecule has 2 aromatic carbocycles. The SMILES string of the molecule is CSc1ccc(-c2coc(-c3cc(C(F)(F)F)c(C#N)c(=O)n3Cc3ccc(F)cc3F)c2)cc1C(F)(F)F. The average molecular weight is 570 g/mol. The van der Waals surface area contributed by atoms with Crippen molar-refractivity contribution in [2.75, 3.05) is 6.26 Å². The molecule has 13 heteroatoms. The summed E-state index contributed by atoms with van der Waals surface area (Å²) in [7, 11) is 0. The number of thioether (sulfide) groups is 1. The van der Waals surface area contributed by atoms with Crippen molar-refractivity contribution < 1.29 is 39.5 Å². The lowest BCUT2D eigenvalue weighted by atomic mass is 10.0. The van der Waals surface area contributed by atoms with Crippen LogP contribution in [-0.2, 0) is 18.9 Å². The second kappa shape index (κ2) is 10.3. The molecular weight excluding hydrogens is 556 g/mol. The predicted molar refractivity (Wildman–Crippen MR) is 126 cm³/mol. The van der Waals surface area contributed by atoms with E-state index in [1.165, 1.54) is 24.5 Å². The van der Waals surface area contributed by atoms with E-state index in [9.17, 15) is 45.2 Å². The van der Waals surface area contributed by atoms with Gasteiger partial charge in [-0.05, 0) is 42.2 Å². The number of hydrogen-bond donors (Lipinski definition) is 0. The molecule has 0 saturated carbocycles. The van der Waals surface area contributed by atoms with Crippen LogP contribution in [0.1, 0.15) is 22.3 Å². The number of pyridine rings is 1. The zero-order valence-corrected chi connectivity index (χ0v) is 20.4. The standard InChI is InChI=1S/C26H14F8N2O2S/c1-39-23-5-3-13(6-19(23)26(32,33)34)15-7-22(38-12-15)21-9-18(25(29,30)31)17(10-35)24(37)36(21)11-14-2-4-16(27)8-20(14)28/h2-9,12H,11H2,1H3. The minimum Gasteiger partial charge on any atom is -0.462 e. The van der Waals surface area contributed by atoms with Crippen LogP contribution >= 0.6 is 11.8 Å². The van der Waals surface area contributed by atoms with E-state index in [1.54, 1.807) is 0 Å². The number of furan rings is 1. The fourth-order valence-corrected chi connectivity index (χ4v) is 4.49. The second-order valence-corrected chi connectivity index (χ2v) is 9.02. The summed E-state index contributed by atoms with van der Waals surface area (Å²) in [6.07, 6.45) is -7.37. The molecule has 0 aliphatic rings. The largest absolute Gasteiger partial charge is 0.462 e. The maximum Gasteiger partial charge on any atom is 0.417 e. The fraction of sp³-hybridized carbons (Fsp3) is 0.154. The van der Waals surface area contributed by atoms with E-state index < -0.39 is 58.5 Å². The number of nitrogens with zero attached hydrogens (tertiary/aromatic N) is 2. The summed E-state index contributed by atoms with van der Waals surface area (Å²) < 4.78 is 116. The topological polar surface area (TPSA) is 58.9 Å². The number of alkyl halides is 6. The number of aromatic nitrogens is 1. The van der Waals surface area contributed by atoms with E-state index >= 15 is 0 Å². The van der Waals surface area contributed by atoms with Crippen molar-refractivity contribution >= 4 is 11.8 Å². The van der Waals surface area contributed by atoms with Gasteiger partial charge in [0.15, 0.2) is 5.76 Å². The molecule has 0 unspecified atom stereocenters. The van der Waals surface area contributed by atoms with Gasteiger partial charge < -0.3 is 4.42 Å². The molecule has 202 valence electrons. The number of benzene rings is 2. The molecule has 0 bridgehead atoms. The Morgan fingerprint density at radius 1 is 0.923 bits per heavy atom. The van der Waals surface area contributed by atoms with Crippen LogP contribution in [0.5, 0.6) is 0 Å². The molecule has 4 aromatic rings. The van der Waals surface area contributed by atoms with Gasteiger partial charge in [0, 0.05) is 22.1 Å². The maximum absolute atomic E-state index is 14.4. The predicted octanol–water partition coefficient (Wildman–Crippen LogP) is 7.73. The lowest BCUT2D eigenvalue weighted by molar-refractivity contribution is -0.140. The van der Waals surface area contributed by atoms with E-state index in [1.807, 2.05) is 0 Å². The number of hydrogen-bond acceptors (Lipinski definition) is 4. The number of halogens is 8. The summed E-state index contributed by atoms with van der Waals surface area (Å²) in [6, 6.07) is 8.59. The van der Waals surface area contributed by atoms with Crippen LogP contribution in [0.4, 0.5) is 35.1 Å². The lowest BCUT2D eigenvalue weighted by Gasteiger charge is -2.16. The van der Waals surface area contributed by atoms with E-state index in [2.05, 4.69) is 0 Å². The van der Waals surface area contributed by atoms with Crippen LogP contribution in [-0.4, -0.2) is 10.8 Å². The van der Waals surface area contributed by atoms with Gasteiger partial charge in [0.05, 0.1) is 29.6 Å². The summed E-state index contributed by atoms with van der Waals surface area (Å²) in [5.74, 6) is -2.41. The Labute approximate surface area is 219 Å². The van der Waals surface area contributed by atoms with Gasteiger partial charge in [0.1, 0.15) is 23.3 Å². The highest BCUT2D eigenvalue weighted by Gasteiger charge is 2.37. The molecule has 0 N–H and O–H groups in total. The summed E-state index contributed by atoms with van der Waals surface area (Å²) in [4.78, 5) is 13.0. The molecule has 0 atom stereocenters. The van der Waals surface area contributed by atoms with Gasteiger partial charge in [0.25, 0.3) is 5.56 Å². The van der Waals surface area contributed by atoms with Crippen molar-refractivity contribution in [3.63, 3.8) is 0 Å². The molecule has 4 nitrogen and oxygen atoms in total. The maximum atomic E-state index is 14.4. The van der Waals surface area contributed by atoms with E-state index in [4.69, 9.17) is 4.42 Å². The van der Waals surface area contributed by atoms with Crippen LogP contribution in [0.3, 0.4) is 0 Å². The van der Waals surface area contributed by atoms with Gasteiger partial charge in [-0.25, -0.2) is 8.78 Å². The van der Waals surface area contributed by atoms with Crippen molar-refractivity contribution in [3.8, 4) is 28.7 Å². The first kappa shape index (κ1) is 28.0. The van der Waals surface area contributed by atoms with E-state index in [0.29, 0.717) is 16.7 Å². The summed E-state index contributed by atoms with van der Waals surface area (Å²) in [5.41, 5.74) is -5.93. The van der Waals surface area contributed by atoms with E-state index in [0.717, 1.165) is 42.3 Å². The molecule has 4 rings (SSSR count). The Morgan fingerprint density at radius 3 is 2.21 bits per heavy atom. The van der Waals surface area contributed by atoms with Gasteiger partial charge in [-0.2, -0.15) is 31.6 Å². The van der Waals surface area contributed by atoms with Gasteiger partial charge in [-0.1, -0.05) is 12.1 Å². The van der Waals surface area contributed by atoms with Crippen LogP contribution in [0.25, 0.3) is 22.6 Å². The molecule has 0 amide bonds. The Morgan fingerprint density at radius 2 is 1.62 bits per heavy atom. The Kier molecular flexibility index (Phi) is 7.36. The smallest absolute Gasteiger partial charge is 0.417 e. The highest BCUT2D eigenvalue weighted by molar-refractivity contribution is 7.98. The van der Waals surface area contributed by atoms with Gasteiger partial charge in [0.2, 0.25) is 0 Å². The highest BCUT2D eigenvalue weighted by Crippen LogP contribution is 2.40. The molecule has 2 aromatic heterocycles. The first-order valence-corrected chi connectivity index (χ1v) is 12.0. The molecule has 0 fully saturated rings. The second-order valence-electron chi connectivity index (χ2n) is 8.17. The van der Waals surface area contributed by atoms with Crippen LogP contribution in [0, 0.1) is 23.0 Å². The fourth-order valence-electron chi connectivity index (χ4n) is 3.89. The van der Waals surface area contributed by atoms with Gasteiger partial charge >= 0.3 is 12.4 Å².